The van der Waals surface area contributed by atoms with Gasteiger partial charge < -0.3 is 4.74 Å². The Morgan fingerprint density at radius 1 is 1.22 bits per heavy atom. The molecule has 0 aliphatic heterocycles. The standard InChI is InChI=1S/C17H14N2O4/c1-12-9-14-7-8-18(16(14)10-15(12)19(21)22)17(20)23-11-13-5-3-2-4-6-13/h2-10H,11H2,1H3. The largest absolute Gasteiger partial charge is 0.444 e. The second-order valence-electron chi connectivity index (χ2n) is 5.18. The molecular formula is C17H14N2O4. The van der Waals surface area contributed by atoms with Crippen LogP contribution < -0.4 is 0 Å². The number of fused-ring (bicyclic) bond motifs is 1. The molecule has 0 amide bonds. The van der Waals surface area contributed by atoms with Crippen LogP contribution in [0, 0.1) is 17.0 Å². The molecule has 3 aromatic rings. The number of hydrogen-bond acceptors (Lipinski definition) is 4. The van der Waals surface area contributed by atoms with Gasteiger partial charge in [-0.1, -0.05) is 30.3 Å². The van der Waals surface area contributed by atoms with Crippen molar-refractivity contribution in [3.63, 3.8) is 0 Å². The third kappa shape index (κ3) is 2.91. The van der Waals surface area contributed by atoms with E-state index in [1.807, 2.05) is 30.3 Å². The monoisotopic (exact) mass is 310 g/mol. The summed E-state index contributed by atoms with van der Waals surface area (Å²) >= 11 is 0. The topological polar surface area (TPSA) is 74.4 Å². The van der Waals surface area contributed by atoms with Crippen LogP contribution in [-0.2, 0) is 11.3 Å². The van der Waals surface area contributed by atoms with Gasteiger partial charge in [0.15, 0.2) is 0 Å². The van der Waals surface area contributed by atoms with Crippen molar-refractivity contribution >= 4 is 22.7 Å². The molecule has 0 aliphatic rings. The Morgan fingerprint density at radius 2 is 1.96 bits per heavy atom. The van der Waals surface area contributed by atoms with E-state index < -0.39 is 11.0 Å². The molecule has 0 N–H and O–H groups in total. The van der Waals surface area contributed by atoms with E-state index in [0.29, 0.717) is 11.1 Å². The number of nitrogens with zero attached hydrogens (tertiary/aromatic N) is 2. The average Bonchev–Trinajstić information content (AvgIpc) is 2.95. The molecule has 0 atom stereocenters. The number of carbonyl (C=O) groups is 1. The third-order valence-corrected chi connectivity index (χ3v) is 3.61. The second-order valence-corrected chi connectivity index (χ2v) is 5.18. The highest BCUT2D eigenvalue weighted by Gasteiger charge is 2.17. The zero-order chi connectivity index (χ0) is 16.4. The van der Waals surface area contributed by atoms with Crippen molar-refractivity contribution < 1.29 is 14.5 Å². The van der Waals surface area contributed by atoms with E-state index in [-0.39, 0.29) is 12.3 Å². The van der Waals surface area contributed by atoms with Crippen LogP contribution in [0.5, 0.6) is 0 Å². The predicted molar refractivity (Wildman–Crippen MR) is 85.4 cm³/mol. The van der Waals surface area contributed by atoms with Gasteiger partial charge in [0.1, 0.15) is 6.61 Å². The SMILES string of the molecule is Cc1cc2ccn(C(=O)OCc3ccccc3)c2cc1[N+](=O)[O-]. The molecule has 23 heavy (non-hydrogen) atoms. The van der Waals surface area contributed by atoms with Crippen molar-refractivity contribution in [1.29, 1.82) is 0 Å². The smallest absolute Gasteiger partial charge is 0.418 e. The molecule has 0 bridgehead atoms. The minimum absolute atomic E-state index is 0.0201. The molecule has 0 unspecified atom stereocenters. The Morgan fingerprint density at radius 3 is 2.65 bits per heavy atom. The van der Waals surface area contributed by atoms with Crippen LogP contribution in [0.15, 0.2) is 54.7 Å². The van der Waals surface area contributed by atoms with Gasteiger partial charge in [-0.05, 0) is 24.6 Å². The van der Waals surface area contributed by atoms with Gasteiger partial charge in [0.05, 0.1) is 10.4 Å². The Bertz CT molecular complexity index is 884. The summed E-state index contributed by atoms with van der Waals surface area (Å²) in [6, 6.07) is 14.1. The highest BCUT2D eigenvalue weighted by atomic mass is 16.6. The van der Waals surface area contributed by atoms with Crippen molar-refractivity contribution in [2.24, 2.45) is 0 Å². The zero-order valence-corrected chi connectivity index (χ0v) is 12.4. The first-order chi connectivity index (χ1) is 11.1. The van der Waals surface area contributed by atoms with Crippen molar-refractivity contribution in [3.05, 3.63) is 76.0 Å². The molecule has 0 spiro atoms. The summed E-state index contributed by atoms with van der Waals surface area (Å²) in [5.41, 5.74) is 1.87. The number of benzene rings is 2. The van der Waals surface area contributed by atoms with Gasteiger partial charge >= 0.3 is 6.09 Å². The lowest BCUT2D eigenvalue weighted by Gasteiger charge is -2.07. The molecule has 2 aromatic carbocycles. The molecule has 0 radical (unpaired) electrons. The number of nitro groups is 1. The summed E-state index contributed by atoms with van der Waals surface area (Å²) in [5, 5.41) is 11.8. The summed E-state index contributed by atoms with van der Waals surface area (Å²) < 4.78 is 6.55. The minimum atomic E-state index is -0.568. The van der Waals surface area contributed by atoms with Gasteiger partial charge in [-0.15, -0.1) is 0 Å². The van der Waals surface area contributed by atoms with E-state index in [1.165, 1.54) is 10.6 Å². The van der Waals surface area contributed by atoms with Gasteiger partial charge in [-0.2, -0.15) is 0 Å². The first-order valence-corrected chi connectivity index (χ1v) is 7.03. The van der Waals surface area contributed by atoms with Crippen LogP contribution in [-0.4, -0.2) is 15.6 Å². The molecule has 6 heteroatoms. The summed E-state index contributed by atoms with van der Waals surface area (Å²) in [6.45, 7) is 1.82. The predicted octanol–water partition coefficient (Wildman–Crippen LogP) is 4.04. The average molecular weight is 310 g/mol. The Balaban J connectivity index is 1.88. The Hall–Kier alpha value is -3.15. The van der Waals surface area contributed by atoms with Gasteiger partial charge in [-0.3, -0.25) is 14.7 Å². The highest BCUT2D eigenvalue weighted by Crippen LogP contribution is 2.26. The van der Waals surface area contributed by atoms with Gasteiger partial charge in [0.25, 0.3) is 5.69 Å². The van der Waals surface area contributed by atoms with Gasteiger partial charge in [-0.25, -0.2) is 4.79 Å². The van der Waals surface area contributed by atoms with Gasteiger partial charge in [0.2, 0.25) is 0 Å². The molecule has 0 saturated carbocycles. The maximum absolute atomic E-state index is 12.2. The summed E-state index contributed by atoms with van der Waals surface area (Å²) in [6.07, 6.45) is 0.989. The summed E-state index contributed by atoms with van der Waals surface area (Å²) in [7, 11) is 0. The van der Waals surface area contributed by atoms with Crippen LogP contribution >= 0.6 is 0 Å². The number of ether oxygens (including phenoxy) is 1. The van der Waals surface area contributed by atoms with Crippen LogP contribution in [0.2, 0.25) is 0 Å². The maximum Gasteiger partial charge on any atom is 0.418 e. The number of nitro benzene ring substituents is 1. The molecule has 0 saturated heterocycles. The number of carbonyl (C=O) groups excluding carboxylic acids is 1. The number of aromatic nitrogens is 1. The molecule has 1 aromatic heterocycles. The van der Waals surface area contributed by atoms with Crippen LogP contribution in [0.25, 0.3) is 10.9 Å². The lowest BCUT2D eigenvalue weighted by Crippen LogP contribution is -2.12. The Labute approximate surface area is 132 Å². The van der Waals surface area contributed by atoms with E-state index in [4.69, 9.17) is 4.74 Å². The van der Waals surface area contributed by atoms with Crippen molar-refractivity contribution in [2.75, 3.05) is 0 Å². The molecule has 3 rings (SSSR count). The third-order valence-electron chi connectivity index (χ3n) is 3.61. The van der Waals surface area contributed by atoms with Gasteiger partial charge in [0, 0.05) is 23.2 Å². The van der Waals surface area contributed by atoms with E-state index in [9.17, 15) is 14.9 Å². The highest BCUT2D eigenvalue weighted by molar-refractivity contribution is 5.91. The first-order valence-electron chi connectivity index (χ1n) is 7.03. The molecular weight excluding hydrogens is 296 g/mol. The van der Waals surface area contributed by atoms with E-state index in [0.717, 1.165) is 10.9 Å². The first kappa shape index (κ1) is 14.8. The van der Waals surface area contributed by atoms with Crippen LogP contribution in [0.3, 0.4) is 0 Å². The normalized spacial score (nSPS) is 10.7. The van der Waals surface area contributed by atoms with Crippen molar-refractivity contribution in [3.8, 4) is 0 Å². The minimum Gasteiger partial charge on any atom is -0.444 e. The lowest BCUT2D eigenvalue weighted by atomic mass is 10.1. The number of aryl methyl sites for hydroxylation is 1. The fourth-order valence-electron chi connectivity index (χ4n) is 2.43. The van der Waals surface area contributed by atoms with Crippen LogP contribution in [0.1, 0.15) is 11.1 Å². The number of rotatable bonds is 3. The molecule has 6 nitrogen and oxygen atoms in total. The fraction of sp³-hybridized carbons (Fsp3) is 0.118. The van der Waals surface area contributed by atoms with E-state index in [1.54, 1.807) is 25.3 Å². The zero-order valence-electron chi connectivity index (χ0n) is 12.4. The van der Waals surface area contributed by atoms with Crippen molar-refractivity contribution in [2.45, 2.75) is 13.5 Å². The summed E-state index contributed by atoms with van der Waals surface area (Å²) in [4.78, 5) is 22.8. The quantitative estimate of drug-likeness (QED) is 0.540. The van der Waals surface area contributed by atoms with Crippen LogP contribution in [0.4, 0.5) is 10.5 Å². The number of hydrogen-bond donors (Lipinski definition) is 0. The molecule has 0 aliphatic carbocycles. The summed E-state index contributed by atoms with van der Waals surface area (Å²) in [5.74, 6) is 0. The molecule has 0 fully saturated rings. The fourth-order valence-corrected chi connectivity index (χ4v) is 2.43. The molecule has 116 valence electrons. The van der Waals surface area contributed by atoms with Crippen molar-refractivity contribution in [1.82, 2.24) is 4.57 Å². The van der Waals surface area contributed by atoms with E-state index in [2.05, 4.69) is 0 Å². The lowest BCUT2D eigenvalue weighted by molar-refractivity contribution is -0.385. The Kier molecular flexibility index (Phi) is 3.80. The second kappa shape index (κ2) is 5.92. The maximum atomic E-state index is 12.2. The molecule has 1 heterocycles. The van der Waals surface area contributed by atoms with E-state index >= 15 is 0 Å².